The molecule has 1 aromatic rings. The van der Waals surface area contributed by atoms with Gasteiger partial charge in [0, 0.05) is 17.0 Å². The van der Waals surface area contributed by atoms with Crippen molar-refractivity contribution in [1.29, 1.82) is 0 Å². The Morgan fingerprint density at radius 3 is 2.62 bits per heavy atom. The van der Waals surface area contributed by atoms with Crippen molar-refractivity contribution in [2.75, 3.05) is 34.4 Å². The molecule has 0 amide bonds. The van der Waals surface area contributed by atoms with Gasteiger partial charge in [0.2, 0.25) is 0 Å². The Morgan fingerprint density at radius 1 is 1.08 bits per heavy atom. The van der Waals surface area contributed by atoms with E-state index in [4.69, 9.17) is 9.47 Å². The molecule has 0 bridgehead atoms. The van der Waals surface area contributed by atoms with Crippen LogP contribution in [-0.4, -0.2) is 50.8 Å². The lowest BCUT2D eigenvalue weighted by Crippen LogP contribution is -2.55. The molecule has 1 aliphatic carbocycles. The van der Waals surface area contributed by atoms with E-state index >= 15 is 0 Å². The zero-order valence-electron chi connectivity index (χ0n) is 15.2. The first-order chi connectivity index (χ1) is 11.6. The summed E-state index contributed by atoms with van der Waals surface area (Å²) >= 11 is 0. The molecule has 1 spiro atoms. The van der Waals surface area contributed by atoms with Crippen molar-refractivity contribution >= 4 is 0 Å². The molecule has 1 N–H and O–H groups in total. The third kappa shape index (κ3) is 2.34. The molecule has 4 nitrogen and oxygen atoms in total. The molecule has 1 unspecified atom stereocenters. The number of methoxy groups -OCH3 is 2. The maximum Gasteiger partial charge on any atom is 0.161 e. The van der Waals surface area contributed by atoms with E-state index in [1.807, 2.05) is 0 Å². The number of hydrogen-bond donors (Lipinski definition) is 1. The van der Waals surface area contributed by atoms with E-state index in [-0.39, 0.29) is 5.41 Å². The van der Waals surface area contributed by atoms with Gasteiger partial charge in [-0.05, 0) is 76.4 Å². The summed E-state index contributed by atoms with van der Waals surface area (Å²) in [6.07, 6.45) is 7.77. The summed E-state index contributed by atoms with van der Waals surface area (Å²) in [4.78, 5) is 2.59. The molecule has 4 heteroatoms. The van der Waals surface area contributed by atoms with Gasteiger partial charge in [-0.1, -0.05) is 6.07 Å². The van der Waals surface area contributed by atoms with E-state index in [9.17, 15) is 0 Å². The molecule has 3 fully saturated rings. The first-order valence-corrected chi connectivity index (χ1v) is 9.30. The number of likely N-dealkylation sites (tertiary alicyclic amines) is 1. The Bertz CT molecular complexity index is 612. The molecule has 3 aliphatic rings. The summed E-state index contributed by atoms with van der Waals surface area (Å²) in [7, 11) is 5.75. The maximum atomic E-state index is 5.58. The van der Waals surface area contributed by atoms with Gasteiger partial charge in [0.15, 0.2) is 11.5 Å². The summed E-state index contributed by atoms with van der Waals surface area (Å²) in [5.74, 6) is 1.68. The molecule has 24 heavy (non-hydrogen) atoms. The van der Waals surface area contributed by atoms with Crippen LogP contribution in [0, 0.1) is 0 Å². The number of nitrogens with one attached hydrogen (secondary N) is 1. The fourth-order valence-corrected chi connectivity index (χ4v) is 5.58. The summed E-state index contributed by atoms with van der Waals surface area (Å²) in [6.45, 7) is 2.38. The van der Waals surface area contributed by atoms with Crippen LogP contribution in [0.15, 0.2) is 18.2 Å². The Kier molecular flexibility index (Phi) is 4.00. The molecule has 0 radical (unpaired) electrons. The van der Waals surface area contributed by atoms with Crippen LogP contribution < -0.4 is 14.8 Å². The van der Waals surface area contributed by atoms with Crippen LogP contribution in [0.5, 0.6) is 11.5 Å². The van der Waals surface area contributed by atoms with Gasteiger partial charge in [-0.2, -0.15) is 0 Å². The summed E-state index contributed by atoms with van der Waals surface area (Å²) in [5, 5.41) is 3.84. The second-order valence-electron chi connectivity index (χ2n) is 7.99. The predicted octanol–water partition coefficient (Wildman–Crippen LogP) is 2.95. The normalized spacial score (nSPS) is 36.0. The van der Waals surface area contributed by atoms with Gasteiger partial charge in [0.25, 0.3) is 0 Å². The quantitative estimate of drug-likeness (QED) is 0.924. The monoisotopic (exact) mass is 330 g/mol. The Balaban J connectivity index is 1.70. The Labute approximate surface area is 145 Å². The molecular weight excluding hydrogens is 300 g/mol. The Hall–Kier alpha value is -1.26. The minimum atomic E-state index is 0.268. The smallest absolute Gasteiger partial charge is 0.161 e. The lowest BCUT2D eigenvalue weighted by atomic mass is 9.61. The number of fused-ring (bicyclic) bond motifs is 1. The highest BCUT2D eigenvalue weighted by Crippen LogP contribution is 2.53. The predicted molar refractivity (Wildman–Crippen MR) is 96.1 cm³/mol. The van der Waals surface area contributed by atoms with Crippen molar-refractivity contribution in [3.8, 4) is 11.5 Å². The molecule has 132 valence electrons. The highest BCUT2D eigenvalue weighted by Gasteiger charge is 2.54. The minimum absolute atomic E-state index is 0.268. The first kappa shape index (κ1) is 16.2. The highest BCUT2D eigenvalue weighted by molar-refractivity contribution is 5.46. The summed E-state index contributed by atoms with van der Waals surface area (Å²) < 4.78 is 11.0. The molecular formula is C20H30N2O2. The van der Waals surface area contributed by atoms with E-state index in [2.05, 4.69) is 35.5 Å². The van der Waals surface area contributed by atoms with Crippen LogP contribution in [0.25, 0.3) is 0 Å². The van der Waals surface area contributed by atoms with E-state index in [1.165, 1.54) is 57.2 Å². The second kappa shape index (κ2) is 5.92. The highest BCUT2D eigenvalue weighted by atomic mass is 16.5. The molecule has 3 atom stereocenters. The van der Waals surface area contributed by atoms with Crippen molar-refractivity contribution in [3.05, 3.63) is 23.8 Å². The fraction of sp³-hybridized carbons (Fsp3) is 0.700. The van der Waals surface area contributed by atoms with Crippen LogP contribution in [0.2, 0.25) is 0 Å². The van der Waals surface area contributed by atoms with Gasteiger partial charge in [0.1, 0.15) is 0 Å². The average Bonchev–Trinajstić information content (AvgIpc) is 3.21. The third-order valence-corrected chi connectivity index (χ3v) is 7.00. The third-order valence-electron chi connectivity index (χ3n) is 7.00. The molecule has 2 heterocycles. The lowest BCUT2D eigenvalue weighted by Gasteiger charge is -2.49. The van der Waals surface area contributed by atoms with Crippen molar-refractivity contribution in [1.82, 2.24) is 10.2 Å². The van der Waals surface area contributed by atoms with Crippen LogP contribution in [0.4, 0.5) is 0 Å². The molecule has 1 aromatic carbocycles. The summed E-state index contributed by atoms with van der Waals surface area (Å²) in [6, 6.07) is 7.20. The molecule has 1 saturated carbocycles. The first-order valence-electron chi connectivity index (χ1n) is 9.30. The standard InChI is InChI=1S/C20H30N2O2/c1-22-12-10-20(15-5-6-16(23-2)17(13-15)24-3)9-8-19(14-18(20)22)7-4-11-21-19/h5-6,13,18,21H,4,7-12,14H2,1-3H3/t18-,19?,20-/m0/s1. The van der Waals surface area contributed by atoms with E-state index in [0.717, 1.165) is 11.5 Å². The molecule has 2 saturated heterocycles. The van der Waals surface area contributed by atoms with Gasteiger partial charge in [-0.3, -0.25) is 0 Å². The Morgan fingerprint density at radius 2 is 1.92 bits per heavy atom. The van der Waals surface area contributed by atoms with Crippen molar-refractivity contribution < 1.29 is 9.47 Å². The minimum Gasteiger partial charge on any atom is -0.493 e. The van der Waals surface area contributed by atoms with E-state index < -0.39 is 0 Å². The van der Waals surface area contributed by atoms with Crippen LogP contribution >= 0.6 is 0 Å². The lowest BCUT2D eigenvalue weighted by molar-refractivity contribution is 0.109. The van der Waals surface area contributed by atoms with Gasteiger partial charge in [-0.25, -0.2) is 0 Å². The number of likely N-dealkylation sites (N-methyl/N-ethyl adjacent to an activating group) is 1. The van der Waals surface area contributed by atoms with Gasteiger partial charge in [-0.15, -0.1) is 0 Å². The summed E-state index contributed by atoms with van der Waals surface area (Å²) in [5.41, 5.74) is 2.09. The molecule has 4 rings (SSSR count). The zero-order valence-corrected chi connectivity index (χ0v) is 15.2. The average molecular weight is 330 g/mol. The van der Waals surface area contributed by atoms with Crippen molar-refractivity contribution in [3.63, 3.8) is 0 Å². The van der Waals surface area contributed by atoms with Crippen LogP contribution in [-0.2, 0) is 5.41 Å². The van der Waals surface area contributed by atoms with Crippen molar-refractivity contribution in [2.24, 2.45) is 0 Å². The number of nitrogens with zero attached hydrogens (tertiary/aromatic N) is 1. The fourth-order valence-electron chi connectivity index (χ4n) is 5.58. The van der Waals surface area contributed by atoms with E-state index in [0.29, 0.717) is 11.6 Å². The zero-order chi connectivity index (χ0) is 16.8. The topological polar surface area (TPSA) is 33.7 Å². The van der Waals surface area contributed by atoms with Gasteiger partial charge < -0.3 is 19.7 Å². The second-order valence-corrected chi connectivity index (χ2v) is 7.99. The van der Waals surface area contributed by atoms with Crippen LogP contribution in [0.3, 0.4) is 0 Å². The largest absolute Gasteiger partial charge is 0.493 e. The SMILES string of the molecule is COc1ccc([C@]23CCN(C)[C@H]2CC2(CCCN2)CC3)cc1OC. The maximum absolute atomic E-state index is 5.58. The number of rotatable bonds is 3. The van der Waals surface area contributed by atoms with Gasteiger partial charge in [0.05, 0.1) is 14.2 Å². The van der Waals surface area contributed by atoms with Crippen molar-refractivity contribution in [2.45, 2.75) is 55.5 Å². The van der Waals surface area contributed by atoms with E-state index in [1.54, 1.807) is 14.2 Å². The number of benzene rings is 1. The number of hydrogen-bond acceptors (Lipinski definition) is 4. The molecule has 2 aliphatic heterocycles. The van der Waals surface area contributed by atoms with Gasteiger partial charge >= 0.3 is 0 Å². The number of ether oxygens (including phenoxy) is 2. The van der Waals surface area contributed by atoms with Crippen LogP contribution in [0.1, 0.15) is 44.1 Å². The molecule has 0 aromatic heterocycles.